The SMILES string of the molecule is CN=C(c1ccccc1)c1cc(Cl)ccc1NC(=O)CNC1CCCCC1. The molecular formula is C22H26ClN3O. The van der Waals surface area contributed by atoms with Crippen LogP contribution in [0.25, 0.3) is 0 Å². The van der Waals surface area contributed by atoms with Crippen molar-refractivity contribution in [1.29, 1.82) is 0 Å². The average molecular weight is 384 g/mol. The van der Waals surface area contributed by atoms with Crippen LogP contribution in [0.4, 0.5) is 5.69 Å². The summed E-state index contributed by atoms with van der Waals surface area (Å²) in [5.41, 5.74) is 3.33. The van der Waals surface area contributed by atoms with E-state index in [2.05, 4.69) is 15.6 Å². The summed E-state index contributed by atoms with van der Waals surface area (Å²) in [6, 6.07) is 15.8. The van der Waals surface area contributed by atoms with E-state index in [1.807, 2.05) is 42.5 Å². The van der Waals surface area contributed by atoms with Crippen molar-refractivity contribution in [2.45, 2.75) is 38.1 Å². The molecule has 0 aromatic heterocycles. The predicted molar refractivity (Wildman–Crippen MR) is 113 cm³/mol. The number of amides is 1. The molecule has 0 bridgehead atoms. The van der Waals surface area contributed by atoms with Gasteiger partial charge in [0.15, 0.2) is 0 Å². The third kappa shape index (κ3) is 5.41. The lowest BCUT2D eigenvalue weighted by Crippen LogP contribution is -2.37. The van der Waals surface area contributed by atoms with Crippen molar-refractivity contribution in [3.05, 3.63) is 64.7 Å². The summed E-state index contributed by atoms with van der Waals surface area (Å²) in [5.74, 6) is -0.0485. The van der Waals surface area contributed by atoms with Crippen LogP contribution in [-0.4, -0.2) is 31.3 Å². The van der Waals surface area contributed by atoms with Crippen molar-refractivity contribution in [3.8, 4) is 0 Å². The number of carbonyl (C=O) groups is 1. The summed E-state index contributed by atoms with van der Waals surface area (Å²) >= 11 is 6.22. The first-order valence-electron chi connectivity index (χ1n) is 9.52. The zero-order valence-corrected chi connectivity index (χ0v) is 16.4. The highest BCUT2D eigenvalue weighted by atomic mass is 35.5. The maximum atomic E-state index is 12.5. The summed E-state index contributed by atoms with van der Waals surface area (Å²) in [6.07, 6.45) is 6.10. The van der Waals surface area contributed by atoms with E-state index in [-0.39, 0.29) is 5.91 Å². The third-order valence-corrected chi connectivity index (χ3v) is 5.17. The highest BCUT2D eigenvalue weighted by molar-refractivity contribution is 6.31. The first-order valence-corrected chi connectivity index (χ1v) is 9.90. The maximum absolute atomic E-state index is 12.5. The molecule has 27 heavy (non-hydrogen) atoms. The van der Waals surface area contributed by atoms with Crippen LogP contribution < -0.4 is 10.6 Å². The van der Waals surface area contributed by atoms with Gasteiger partial charge in [0.1, 0.15) is 0 Å². The molecule has 5 heteroatoms. The fraction of sp³-hybridized carbons (Fsp3) is 0.364. The molecule has 0 atom stereocenters. The molecule has 4 nitrogen and oxygen atoms in total. The largest absolute Gasteiger partial charge is 0.324 e. The first-order chi connectivity index (χ1) is 13.2. The zero-order valence-electron chi connectivity index (χ0n) is 15.7. The lowest BCUT2D eigenvalue weighted by molar-refractivity contribution is -0.115. The number of hydrogen-bond acceptors (Lipinski definition) is 3. The quantitative estimate of drug-likeness (QED) is 0.712. The molecule has 1 fully saturated rings. The number of aliphatic imine (C=N–C) groups is 1. The molecular weight excluding hydrogens is 358 g/mol. The zero-order chi connectivity index (χ0) is 19.1. The molecule has 0 saturated heterocycles. The summed E-state index contributed by atoms with van der Waals surface area (Å²) in [7, 11) is 1.75. The second-order valence-electron chi connectivity index (χ2n) is 6.89. The monoisotopic (exact) mass is 383 g/mol. The van der Waals surface area contributed by atoms with Crippen molar-refractivity contribution < 1.29 is 4.79 Å². The van der Waals surface area contributed by atoms with Crippen LogP contribution in [0.1, 0.15) is 43.2 Å². The summed E-state index contributed by atoms with van der Waals surface area (Å²) in [6.45, 7) is 0.316. The topological polar surface area (TPSA) is 53.5 Å². The van der Waals surface area contributed by atoms with Gasteiger partial charge in [-0.25, -0.2) is 0 Å². The number of nitrogens with one attached hydrogen (secondary N) is 2. The molecule has 2 aromatic rings. The number of nitrogens with zero attached hydrogens (tertiary/aromatic N) is 1. The van der Waals surface area contributed by atoms with Gasteiger partial charge in [-0.3, -0.25) is 9.79 Å². The summed E-state index contributed by atoms with van der Waals surface area (Å²) in [5, 5.41) is 7.01. The fourth-order valence-corrected chi connectivity index (χ4v) is 3.73. The van der Waals surface area contributed by atoms with Crippen LogP contribution >= 0.6 is 11.6 Å². The Kier molecular flexibility index (Phi) is 7.02. The van der Waals surface area contributed by atoms with Gasteiger partial charge in [0.2, 0.25) is 5.91 Å². The van der Waals surface area contributed by atoms with Crippen LogP contribution in [-0.2, 0) is 4.79 Å². The normalized spacial score (nSPS) is 15.6. The highest BCUT2D eigenvalue weighted by Gasteiger charge is 2.16. The fourth-order valence-electron chi connectivity index (χ4n) is 3.56. The molecule has 2 aromatic carbocycles. The van der Waals surface area contributed by atoms with E-state index in [9.17, 15) is 4.79 Å². The predicted octanol–water partition coefficient (Wildman–Crippen LogP) is 4.67. The van der Waals surface area contributed by atoms with Crippen molar-refractivity contribution in [2.24, 2.45) is 4.99 Å². The van der Waals surface area contributed by atoms with E-state index < -0.39 is 0 Å². The van der Waals surface area contributed by atoms with Gasteiger partial charge >= 0.3 is 0 Å². The molecule has 2 N–H and O–H groups in total. The van der Waals surface area contributed by atoms with Crippen molar-refractivity contribution in [3.63, 3.8) is 0 Å². The molecule has 1 aliphatic carbocycles. The Bertz CT molecular complexity index is 798. The van der Waals surface area contributed by atoms with E-state index >= 15 is 0 Å². The van der Waals surface area contributed by atoms with Gasteiger partial charge in [-0.2, -0.15) is 0 Å². The van der Waals surface area contributed by atoms with E-state index in [0.717, 1.165) is 35.4 Å². The molecule has 0 heterocycles. The number of hydrogen-bond donors (Lipinski definition) is 2. The van der Waals surface area contributed by atoms with Crippen LogP contribution in [0.2, 0.25) is 5.02 Å². The van der Waals surface area contributed by atoms with Gasteiger partial charge in [-0.15, -0.1) is 0 Å². The molecule has 1 aliphatic rings. The number of carbonyl (C=O) groups excluding carboxylic acids is 1. The molecule has 0 aliphatic heterocycles. The van der Waals surface area contributed by atoms with Gasteiger partial charge in [0.25, 0.3) is 0 Å². The van der Waals surface area contributed by atoms with Gasteiger partial charge < -0.3 is 10.6 Å². The van der Waals surface area contributed by atoms with Gasteiger partial charge in [-0.05, 0) is 31.0 Å². The van der Waals surface area contributed by atoms with Crippen molar-refractivity contribution in [2.75, 3.05) is 18.9 Å². The molecule has 1 saturated carbocycles. The lowest BCUT2D eigenvalue weighted by atomic mass is 9.95. The maximum Gasteiger partial charge on any atom is 0.238 e. The molecule has 142 valence electrons. The van der Waals surface area contributed by atoms with Gasteiger partial charge in [0.05, 0.1) is 17.9 Å². The molecule has 0 unspecified atom stereocenters. The van der Waals surface area contributed by atoms with Crippen LogP contribution in [0, 0.1) is 0 Å². The smallest absolute Gasteiger partial charge is 0.238 e. The Morgan fingerprint density at radius 3 is 2.56 bits per heavy atom. The Labute approximate surface area is 166 Å². The van der Waals surface area contributed by atoms with E-state index in [1.54, 1.807) is 13.1 Å². The van der Waals surface area contributed by atoms with Gasteiger partial charge in [0, 0.05) is 29.2 Å². The lowest BCUT2D eigenvalue weighted by Gasteiger charge is -2.22. The Morgan fingerprint density at radius 2 is 1.85 bits per heavy atom. The van der Waals surface area contributed by atoms with Crippen LogP contribution in [0.15, 0.2) is 53.5 Å². The van der Waals surface area contributed by atoms with Crippen LogP contribution in [0.3, 0.4) is 0 Å². The van der Waals surface area contributed by atoms with E-state index in [0.29, 0.717) is 17.6 Å². The summed E-state index contributed by atoms with van der Waals surface area (Å²) < 4.78 is 0. The standard InChI is InChI=1S/C22H26ClN3O/c1-24-22(16-8-4-2-5-9-16)19-14-17(23)12-13-20(19)26-21(27)15-25-18-10-6-3-7-11-18/h2,4-5,8-9,12-14,18,25H,3,6-7,10-11,15H2,1H3,(H,26,27). The summed E-state index contributed by atoms with van der Waals surface area (Å²) in [4.78, 5) is 16.9. The second kappa shape index (κ2) is 9.67. The van der Waals surface area contributed by atoms with Crippen molar-refractivity contribution in [1.82, 2.24) is 5.32 Å². The second-order valence-corrected chi connectivity index (χ2v) is 7.33. The highest BCUT2D eigenvalue weighted by Crippen LogP contribution is 2.24. The third-order valence-electron chi connectivity index (χ3n) is 4.94. The number of benzene rings is 2. The number of rotatable bonds is 6. The van der Waals surface area contributed by atoms with Crippen LogP contribution in [0.5, 0.6) is 0 Å². The molecule has 0 spiro atoms. The Morgan fingerprint density at radius 1 is 1.11 bits per heavy atom. The Balaban J connectivity index is 1.74. The van der Waals surface area contributed by atoms with E-state index in [1.165, 1.54) is 19.3 Å². The average Bonchev–Trinajstić information content (AvgIpc) is 2.70. The van der Waals surface area contributed by atoms with E-state index in [4.69, 9.17) is 11.6 Å². The number of anilines is 1. The minimum Gasteiger partial charge on any atom is -0.324 e. The first kappa shape index (κ1) is 19.6. The van der Waals surface area contributed by atoms with Gasteiger partial charge in [-0.1, -0.05) is 61.2 Å². The van der Waals surface area contributed by atoms with Crippen molar-refractivity contribution >= 4 is 28.9 Å². The Hall–Kier alpha value is -2.17. The minimum absolute atomic E-state index is 0.0485. The minimum atomic E-state index is -0.0485. The number of halogens is 1. The molecule has 1 amide bonds. The molecule has 3 rings (SSSR count). The molecule has 0 radical (unpaired) electrons.